The van der Waals surface area contributed by atoms with Crippen LogP contribution in [0.3, 0.4) is 0 Å². The van der Waals surface area contributed by atoms with Crippen LogP contribution in [0, 0.1) is 0 Å². The number of carbonyl (C=O) groups is 1. The molecule has 4 aromatic carbocycles. The van der Waals surface area contributed by atoms with Gasteiger partial charge in [0, 0.05) is 36.5 Å². The molecule has 10 rings (SSSR count). The lowest BCUT2D eigenvalue weighted by Gasteiger charge is -2.22. The first-order valence-corrected chi connectivity index (χ1v) is 23.7. The molecular weight excluding hydrogens is 829 g/mol. The number of carbonyl (C=O) groups excluding carboxylic acids is 1. The molecule has 0 bridgehead atoms. The summed E-state index contributed by atoms with van der Waals surface area (Å²) in [6.07, 6.45) is 21.9. The number of Topliss-reactive ketones (excluding diaryl/α,β-unsaturated/α-hetero) is 1. The molecule has 0 radical (unpaired) electrons. The summed E-state index contributed by atoms with van der Waals surface area (Å²) in [4.78, 5) is 20.5. The van der Waals surface area contributed by atoms with Crippen molar-refractivity contribution in [3.8, 4) is 23.0 Å². The number of ether oxygens (including phenoxy) is 4. The predicted octanol–water partition coefficient (Wildman–Crippen LogP) is 13.9. The van der Waals surface area contributed by atoms with Crippen LogP contribution in [0.25, 0.3) is 16.7 Å². The van der Waals surface area contributed by atoms with Gasteiger partial charge in [-0.1, -0.05) is 43.0 Å². The first-order chi connectivity index (χ1) is 32.6. The zero-order valence-electron chi connectivity index (χ0n) is 40.6. The molecular formula is C60H66N2O5. The van der Waals surface area contributed by atoms with Gasteiger partial charge in [-0.05, 0) is 224 Å². The molecule has 1 aromatic heterocycles. The zero-order chi connectivity index (χ0) is 47.3. The topological polar surface area (TPSA) is 79.2 Å². The number of aryl methyl sites for hydroxylation is 4. The number of ketones is 1. The lowest BCUT2D eigenvalue weighted by Crippen LogP contribution is -2.13. The van der Waals surface area contributed by atoms with E-state index in [1.807, 2.05) is 54.9 Å². The van der Waals surface area contributed by atoms with Crippen molar-refractivity contribution in [2.75, 3.05) is 35.0 Å². The highest BCUT2D eigenvalue weighted by molar-refractivity contribution is 6.13. The number of aliphatic imine (C=N–C) groups is 1. The van der Waals surface area contributed by atoms with Gasteiger partial charge in [0.15, 0.2) is 5.78 Å². The number of methoxy groups -OCH3 is 4. The van der Waals surface area contributed by atoms with E-state index >= 15 is 0 Å². The predicted molar refractivity (Wildman–Crippen MR) is 276 cm³/mol. The lowest BCUT2D eigenvalue weighted by atomic mass is 9.84. The summed E-state index contributed by atoms with van der Waals surface area (Å²) in [6, 6.07) is 28.8. The van der Waals surface area contributed by atoms with Crippen LogP contribution in [-0.2, 0) is 25.7 Å². The van der Waals surface area contributed by atoms with Gasteiger partial charge in [-0.2, -0.15) is 0 Å². The highest BCUT2D eigenvalue weighted by Crippen LogP contribution is 2.36. The Morgan fingerprint density at radius 2 is 1.10 bits per heavy atom. The quantitative estimate of drug-likeness (QED) is 0.162. The van der Waals surface area contributed by atoms with E-state index < -0.39 is 0 Å². The Bertz CT molecular complexity index is 2740. The van der Waals surface area contributed by atoms with Crippen molar-refractivity contribution in [2.24, 2.45) is 4.99 Å². The third-order valence-corrected chi connectivity index (χ3v) is 13.5. The maximum Gasteiger partial charge on any atom is 0.163 e. The van der Waals surface area contributed by atoms with Crippen LogP contribution in [0.2, 0.25) is 0 Å². The Morgan fingerprint density at radius 3 is 1.67 bits per heavy atom. The molecule has 346 valence electrons. The molecule has 7 heteroatoms. The second kappa shape index (κ2) is 23.1. The molecule has 0 amide bonds. The molecule has 5 aromatic rings. The first kappa shape index (κ1) is 48.2. The van der Waals surface area contributed by atoms with Gasteiger partial charge in [0.05, 0.1) is 34.2 Å². The van der Waals surface area contributed by atoms with Gasteiger partial charge in [0.2, 0.25) is 0 Å². The van der Waals surface area contributed by atoms with E-state index in [9.17, 15) is 4.79 Å². The van der Waals surface area contributed by atoms with Gasteiger partial charge in [0.25, 0.3) is 0 Å². The fourth-order valence-electron chi connectivity index (χ4n) is 9.64. The van der Waals surface area contributed by atoms with Crippen molar-refractivity contribution in [1.82, 2.24) is 4.98 Å². The van der Waals surface area contributed by atoms with Crippen molar-refractivity contribution >= 4 is 28.2 Å². The highest BCUT2D eigenvalue weighted by atomic mass is 16.5. The molecule has 0 atom stereocenters. The number of hydrogen-bond donors (Lipinski definition) is 0. The number of nitrogens with zero attached hydrogens (tertiary/aromatic N) is 2. The van der Waals surface area contributed by atoms with Crippen molar-refractivity contribution < 1.29 is 23.7 Å². The fraction of sp³-hybridized carbons (Fsp3) is 0.317. The standard InChI is InChI=1S/C23H24N2O.C14H16O.C12H14O.C11H12O2/c1-16-17(7-8-18-14-21(26-2)9-10-22(16)18)13-19-5-4-12-25-23(19)20-6-3-11-24-15-20;1-4-11-5-6-12-9-13(15-3)7-8-14(12)10(11)2;1-9-4-3-5-10-8-11(13-2)6-7-12(9)10;1-13-9-5-6-10-8(7-9)3-2-4-11(10)12/h3,6,9-11,13-15H,4-5,7-8,12H2,1-2H3;4,7-9H,1,5-6H2,2-3H3;4,6-8H,3,5H2,1-2H3;5-7H,2-4H2,1H3/b19-13+;;;. The average molecular weight is 895 g/mol. The Morgan fingerprint density at radius 1 is 0.567 bits per heavy atom. The van der Waals surface area contributed by atoms with Crippen LogP contribution in [0.4, 0.5) is 0 Å². The van der Waals surface area contributed by atoms with Gasteiger partial charge in [-0.15, -0.1) is 0 Å². The van der Waals surface area contributed by atoms with E-state index in [4.69, 9.17) is 23.9 Å². The Labute approximate surface area is 398 Å². The van der Waals surface area contributed by atoms with Crippen LogP contribution >= 0.6 is 0 Å². The molecule has 0 spiro atoms. The van der Waals surface area contributed by atoms with Gasteiger partial charge in [-0.25, -0.2) is 0 Å². The molecule has 0 saturated heterocycles. The van der Waals surface area contributed by atoms with Crippen LogP contribution in [-0.4, -0.2) is 51.5 Å². The van der Waals surface area contributed by atoms with E-state index in [1.54, 1.807) is 28.4 Å². The molecule has 2 heterocycles. The van der Waals surface area contributed by atoms with E-state index in [-0.39, 0.29) is 5.78 Å². The summed E-state index contributed by atoms with van der Waals surface area (Å²) in [5.41, 5.74) is 20.8. The minimum absolute atomic E-state index is 0.268. The molecule has 7 nitrogen and oxygen atoms in total. The van der Waals surface area contributed by atoms with Gasteiger partial charge in [0.1, 0.15) is 23.0 Å². The Kier molecular flexibility index (Phi) is 16.6. The Hall–Kier alpha value is -6.73. The summed E-state index contributed by atoms with van der Waals surface area (Å²) < 4.78 is 20.9. The normalized spacial score (nSPS) is 16.3. The number of pyridine rings is 1. The van der Waals surface area contributed by atoms with Crippen LogP contribution in [0.15, 0.2) is 144 Å². The maximum atomic E-state index is 11.4. The van der Waals surface area contributed by atoms with E-state index in [0.717, 1.165) is 116 Å². The number of aromatic nitrogens is 1. The van der Waals surface area contributed by atoms with Crippen molar-refractivity contribution in [2.45, 2.75) is 91.4 Å². The van der Waals surface area contributed by atoms with Gasteiger partial charge in [-0.3, -0.25) is 14.8 Å². The minimum atomic E-state index is 0.268. The van der Waals surface area contributed by atoms with E-state index in [0.29, 0.717) is 6.42 Å². The van der Waals surface area contributed by atoms with E-state index in [2.05, 4.69) is 93.0 Å². The summed E-state index contributed by atoms with van der Waals surface area (Å²) >= 11 is 0. The molecule has 1 aliphatic heterocycles. The first-order valence-electron chi connectivity index (χ1n) is 23.7. The number of fused-ring (bicyclic) bond motifs is 4. The lowest BCUT2D eigenvalue weighted by molar-refractivity contribution is 0.0972. The van der Waals surface area contributed by atoms with Crippen LogP contribution in [0.1, 0.15) is 121 Å². The molecule has 0 unspecified atom stereocenters. The summed E-state index contributed by atoms with van der Waals surface area (Å²) in [5.74, 6) is 3.96. The summed E-state index contributed by atoms with van der Waals surface area (Å²) in [5, 5.41) is 0. The molecule has 4 aliphatic carbocycles. The van der Waals surface area contributed by atoms with Gasteiger partial charge < -0.3 is 18.9 Å². The molecule has 5 aliphatic rings. The van der Waals surface area contributed by atoms with Gasteiger partial charge >= 0.3 is 0 Å². The molecule has 67 heavy (non-hydrogen) atoms. The average Bonchev–Trinajstić information content (AvgIpc) is 3.38. The monoisotopic (exact) mass is 894 g/mol. The smallest absolute Gasteiger partial charge is 0.163 e. The fourth-order valence-corrected chi connectivity index (χ4v) is 9.64. The third kappa shape index (κ3) is 11.8. The molecule has 0 fully saturated rings. The largest absolute Gasteiger partial charge is 0.497 e. The van der Waals surface area contributed by atoms with E-state index in [1.165, 1.54) is 66.8 Å². The second-order valence-electron chi connectivity index (χ2n) is 17.5. The minimum Gasteiger partial charge on any atom is -0.497 e. The van der Waals surface area contributed by atoms with Crippen LogP contribution in [0.5, 0.6) is 23.0 Å². The third-order valence-electron chi connectivity index (χ3n) is 13.5. The summed E-state index contributed by atoms with van der Waals surface area (Å²) in [6.45, 7) is 11.3. The highest BCUT2D eigenvalue weighted by Gasteiger charge is 2.20. The number of benzene rings is 4. The molecule has 0 saturated carbocycles. The van der Waals surface area contributed by atoms with Crippen LogP contribution < -0.4 is 18.9 Å². The van der Waals surface area contributed by atoms with Crippen molar-refractivity contribution in [3.63, 3.8) is 0 Å². The van der Waals surface area contributed by atoms with Crippen molar-refractivity contribution in [3.05, 3.63) is 189 Å². The Balaban J connectivity index is 0.000000140. The SMILES string of the molecule is C=CC1=C(C)c2ccc(OC)cc2CC1.COc1ccc2c(c1)CCC(/C=C1\CCCN=C1c1cccnc1)=C2C.COc1ccc2c(c1)CCC=C2C.COc1ccc2c(c1)CCCC2=O. The van der Waals surface area contributed by atoms with Crippen molar-refractivity contribution in [1.29, 1.82) is 0 Å². The summed E-state index contributed by atoms with van der Waals surface area (Å²) in [7, 11) is 6.80. The number of rotatable bonds is 7. The zero-order valence-corrected chi connectivity index (χ0v) is 40.6. The second-order valence-corrected chi connectivity index (χ2v) is 17.5. The number of allylic oxidation sites excluding steroid dienone is 9. The number of hydrogen-bond acceptors (Lipinski definition) is 7. The molecule has 0 N–H and O–H groups in total. The maximum absolute atomic E-state index is 11.4.